The standard InChI is InChI=1S/C44H36Cl6N8O6/c1-5-23-24(6-2)32(52-44(64)38(22(4)60)58-56-34-18-8-12-26(36(34)50)42(62)54-40-29(47)15-10-16-30(40)48)20-19-31(23)51-43(63)37(21(3)59)57-55-33-17-7-11-25(35(33)49)41(61)53-39-27(45)13-9-14-28(39)46/h7-20,37-38H,5-6H2,1-4H3,(H,51,63)(H,52,64)(H,53,61)(H,54,62). The number of rotatable bonds is 16. The molecule has 0 aliphatic carbocycles. The van der Waals surface area contributed by atoms with Gasteiger partial charge in [0.25, 0.3) is 23.6 Å². The van der Waals surface area contributed by atoms with Crippen molar-refractivity contribution < 1.29 is 28.8 Å². The first-order valence-corrected chi connectivity index (χ1v) is 21.4. The molecule has 0 bridgehead atoms. The van der Waals surface area contributed by atoms with E-state index in [4.69, 9.17) is 69.6 Å². The number of ketones is 2. The molecule has 64 heavy (non-hydrogen) atoms. The molecule has 2 unspecified atom stereocenters. The number of para-hydroxylation sites is 2. The van der Waals surface area contributed by atoms with Gasteiger partial charge in [-0.1, -0.05) is 108 Å². The molecule has 0 heterocycles. The molecule has 20 heteroatoms. The summed E-state index contributed by atoms with van der Waals surface area (Å²) in [5, 5.41) is 27.4. The highest BCUT2D eigenvalue weighted by Gasteiger charge is 2.28. The molecule has 14 nitrogen and oxygen atoms in total. The molecule has 4 amide bonds. The number of carbonyl (C=O) groups excluding carboxylic acids is 6. The second-order valence-corrected chi connectivity index (χ2v) is 16.0. The predicted octanol–water partition coefficient (Wildman–Crippen LogP) is 12.6. The van der Waals surface area contributed by atoms with Crippen LogP contribution >= 0.6 is 69.6 Å². The van der Waals surface area contributed by atoms with Gasteiger partial charge in [0.2, 0.25) is 12.1 Å². The summed E-state index contributed by atoms with van der Waals surface area (Å²) in [6.07, 6.45) is 0.749. The molecule has 5 aromatic rings. The maximum atomic E-state index is 13.6. The number of anilines is 4. The average Bonchev–Trinajstić information content (AvgIpc) is 3.24. The van der Waals surface area contributed by atoms with E-state index in [9.17, 15) is 28.8 Å². The molecule has 0 aromatic heterocycles. The van der Waals surface area contributed by atoms with Crippen LogP contribution in [0.5, 0.6) is 0 Å². The lowest BCUT2D eigenvalue weighted by molar-refractivity contribution is -0.127. The van der Waals surface area contributed by atoms with E-state index >= 15 is 0 Å². The third-order valence-corrected chi connectivity index (χ3v) is 11.4. The van der Waals surface area contributed by atoms with Gasteiger partial charge in [-0.05, 0) is 98.5 Å². The largest absolute Gasteiger partial charge is 0.323 e. The van der Waals surface area contributed by atoms with Gasteiger partial charge in [-0.3, -0.25) is 28.8 Å². The van der Waals surface area contributed by atoms with Crippen LogP contribution in [0.4, 0.5) is 34.1 Å². The zero-order valence-corrected chi connectivity index (χ0v) is 38.7. The van der Waals surface area contributed by atoms with Crippen LogP contribution in [-0.4, -0.2) is 47.3 Å². The minimum absolute atomic E-state index is 0.0000757. The van der Waals surface area contributed by atoms with E-state index in [0.29, 0.717) is 35.3 Å². The minimum atomic E-state index is -1.62. The van der Waals surface area contributed by atoms with Crippen LogP contribution in [0.3, 0.4) is 0 Å². The second kappa shape index (κ2) is 22.2. The van der Waals surface area contributed by atoms with E-state index in [1.165, 1.54) is 62.4 Å². The minimum Gasteiger partial charge on any atom is -0.323 e. The smallest absolute Gasteiger partial charge is 0.258 e. The summed E-state index contributed by atoms with van der Waals surface area (Å²) in [6.45, 7) is 6.00. The Morgan fingerprint density at radius 3 is 1.12 bits per heavy atom. The van der Waals surface area contributed by atoms with Crippen LogP contribution < -0.4 is 21.3 Å². The fourth-order valence-electron chi connectivity index (χ4n) is 6.15. The van der Waals surface area contributed by atoms with Gasteiger partial charge in [0.05, 0.1) is 52.6 Å². The molecule has 5 rings (SSSR count). The Morgan fingerprint density at radius 2 is 0.812 bits per heavy atom. The molecule has 0 saturated heterocycles. The highest BCUT2D eigenvalue weighted by atomic mass is 35.5. The SMILES string of the molecule is CCc1c(NC(=O)C(N=Nc2cccc(C(=O)Nc3c(Cl)cccc3Cl)c2Cl)C(C)=O)ccc(NC(=O)C(N=Nc2cccc(C(=O)Nc3c(Cl)cccc3Cl)c2Cl)C(C)=O)c1CC. The van der Waals surface area contributed by atoms with Gasteiger partial charge in [0.15, 0.2) is 11.6 Å². The van der Waals surface area contributed by atoms with E-state index in [2.05, 4.69) is 41.7 Å². The quantitative estimate of drug-likeness (QED) is 0.0560. The van der Waals surface area contributed by atoms with Crippen molar-refractivity contribution in [3.05, 3.63) is 137 Å². The number of nitrogens with zero attached hydrogens (tertiary/aromatic N) is 4. The van der Waals surface area contributed by atoms with Crippen LogP contribution in [0.15, 0.2) is 105 Å². The second-order valence-electron chi connectivity index (χ2n) is 13.6. The summed E-state index contributed by atoms with van der Waals surface area (Å²) in [5.41, 5.74) is 2.27. The van der Waals surface area contributed by atoms with Crippen molar-refractivity contribution in [1.82, 2.24) is 0 Å². The maximum absolute atomic E-state index is 13.6. The van der Waals surface area contributed by atoms with Gasteiger partial charge >= 0.3 is 0 Å². The van der Waals surface area contributed by atoms with Crippen LogP contribution in [0.25, 0.3) is 0 Å². The number of Topliss-reactive ketones (excluding diaryl/α,β-unsaturated/α-hetero) is 2. The Bertz CT molecular complexity index is 2520. The van der Waals surface area contributed by atoms with Gasteiger partial charge in [-0.25, -0.2) is 0 Å². The molecule has 0 fully saturated rings. The van der Waals surface area contributed by atoms with Gasteiger partial charge in [-0.2, -0.15) is 20.5 Å². The first-order chi connectivity index (χ1) is 30.5. The van der Waals surface area contributed by atoms with Gasteiger partial charge in [-0.15, -0.1) is 0 Å². The monoisotopic (exact) mass is 982 g/mol. The van der Waals surface area contributed by atoms with Crippen LogP contribution in [0.2, 0.25) is 30.1 Å². The fourth-order valence-corrected chi connectivity index (χ4v) is 7.64. The zero-order chi connectivity index (χ0) is 46.8. The van der Waals surface area contributed by atoms with Crippen molar-refractivity contribution in [2.75, 3.05) is 21.3 Å². The molecule has 0 aliphatic heterocycles. The van der Waals surface area contributed by atoms with Crippen LogP contribution in [-0.2, 0) is 32.0 Å². The number of nitrogens with one attached hydrogen (secondary N) is 4. The van der Waals surface area contributed by atoms with E-state index < -0.39 is 47.3 Å². The number of halogens is 6. The van der Waals surface area contributed by atoms with E-state index in [1.54, 1.807) is 36.4 Å². The van der Waals surface area contributed by atoms with E-state index in [-0.39, 0.29) is 64.0 Å². The summed E-state index contributed by atoms with van der Waals surface area (Å²) >= 11 is 37.8. The van der Waals surface area contributed by atoms with Gasteiger partial charge in [0, 0.05) is 11.4 Å². The molecule has 2 atom stereocenters. The zero-order valence-electron chi connectivity index (χ0n) is 34.2. The van der Waals surface area contributed by atoms with Crippen LogP contribution in [0.1, 0.15) is 59.5 Å². The normalized spacial score (nSPS) is 12.2. The van der Waals surface area contributed by atoms with Crippen molar-refractivity contribution in [1.29, 1.82) is 0 Å². The highest BCUT2D eigenvalue weighted by Crippen LogP contribution is 2.36. The molecular weight excluding hydrogens is 949 g/mol. The van der Waals surface area contributed by atoms with E-state index in [1.807, 2.05) is 13.8 Å². The number of benzene rings is 5. The molecule has 0 saturated carbocycles. The number of hydrogen-bond donors (Lipinski definition) is 4. The highest BCUT2D eigenvalue weighted by molar-refractivity contribution is 6.42. The summed E-state index contributed by atoms with van der Waals surface area (Å²) in [6, 6.07) is 18.0. The summed E-state index contributed by atoms with van der Waals surface area (Å²) in [4.78, 5) is 78.9. The lowest BCUT2D eigenvalue weighted by atomic mass is 9.98. The Balaban J connectivity index is 1.32. The Kier molecular flexibility index (Phi) is 17.1. The number of azo groups is 2. The number of hydrogen-bond acceptors (Lipinski definition) is 10. The van der Waals surface area contributed by atoms with Gasteiger partial charge < -0.3 is 21.3 Å². The summed E-state index contributed by atoms with van der Waals surface area (Å²) < 4.78 is 0. The molecule has 0 aliphatic rings. The molecular formula is C44H36Cl6N8O6. The van der Waals surface area contributed by atoms with Crippen molar-refractivity contribution in [3.63, 3.8) is 0 Å². The first kappa shape index (κ1) is 49.3. The maximum Gasteiger partial charge on any atom is 0.258 e. The summed E-state index contributed by atoms with van der Waals surface area (Å²) in [5.74, 6) is -4.19. The summed E-state index contributed by atoms with van der Waals surface area (Å²) in [7, 11) is 0. The Labute approximate surface area is 397 Å². The van der Waals surface area contributed by atoms with Crippen molar-refractivity contribution in [2.45, 2.75) is 52.6 Å². The van der Waals surface area contributed by atoms with E-state index in [0.717, 1.165) is 0 Å². The third kappa shape index (κ3) is 11.7. The molecule has 4 N–H and O–H groups in total. The molecule has 330 valence electrons. The van der Waals surface area contributed by atoms with Gasteiger partial charge in [0.1, 0.15) is 11.4 Å². The Morgan fingerprint density at radius 1 is 0.484 bits per heavy atom. The lowest BCUT2D eigenvalue weighted by Crippen LogP contribution is -2.33. The van der Waals surface area contributed by atoms with Crippen molar-refractivity contribution in [3.8, 4) is 0 Å². The van der Waals surface area contributed by atoms with Crippen molar-refractivity contribution >= 4 is 139 Å². The van der Waals surface area contributed by atoms with Crippen molar-refractivity contribution in [2.24, 2.45) is 20.5 Å². The number of carbonyl (C=O) groups is 6. The Hall–Kier alpha value is -5.74. The molecule has 0 spiro atoms. The first-order valence-electron chi connectivity index (χ1n) is 19.1. The molecule has 0 radical (unpaired) electrons. The topological polar surface area (TPSA) is 200 Å². The fraction of sp³-hybridized carbons (Fsp3) is 0.182. The lowest BCUT2D eigenvalue weighted by Gasteiger charge is -2.20. The predicted molar refractivity (Wildman–Crippen MR) is 252 cm³/mol. The molecule has 5 aromatic carbocycles. The van der Waals surface area contributed by atoms with Crippen LogP contribution in [0, 0.1) is 0 Å². The average molecular weight is 986 g/mol. The third-order valence-electron chi connectivity index (χ3n) is 9.33. The number of amides is 4.